The van der Waals surface area contributed by atoms with Crippen molar-refractivity contribution in [3.05, 3.63) is 48.0 Å². The van der Waals surface area contributed by atoms with Crippen LogP contribution >= 0.6 is 0 Å². The molecule has 1 saturated heterocycles. The number of hydrogen-bond acceptors (Lipinski definition) is 5. The summed E-state index contributed by atoms with van der Waals surface area (Å²) in [7, 11) is 4.14. The number of piperazine rings is 1. The predicted molar refractivity (Wildman–Crippen MR) is 104 cm³/mol. The van der Waals surface area contributed by atoms with Crippen LogP contribution in [-0.2, 0) is 13.7 Å². The van der Waals surface area contributed by atoms with Gasteiger partial charge in [-0.2, -0.15) is 0 Å². The first-order valence-corrected chi connectivity index (χ1v) is 9.06. The SMILES string of the molecule is Cc1nnc(COc2ccc3cccc(N4CCN(C)CC4)c3c2)n1C. The van der Waals surface area contributed by atoms with E-state index in [2.05, 4.69) is 57.4 Å². The highest BCUT2D eigenvalue weighted by atomic mass is 16.5. The van der Waals surface area contributed by atoms with Gasteiger partial charge in [-0.3, -0.25) is 0 Å². The van der Waals surface area contributed by atoms with Crippen LogP contribution in [0.4, 0.5) is 5.69 Å². The van der Waals surface area contributed by atoms with Crippen LogP contribution in [0.3, 0.4) is 0 Å². The molecule has 1 aliphatic rings. The third-order valence-electron chi connectivity index (χ3n) is 5.23. The van der Waals surface area contributed by atoms with E-state index in [9.17, 15) is 0 Å². The average Bonchev–Trinajstić information content (AvgIpc) is 2.98. The molecular weight excluding hydrogens is 326 g/mol. The zero-order valence-corrected chi connectivity index (χ0v) is 15.6. The molecule has 0 spiro atoms. The average molecular weight is 351 g/mol. The van der Waals surface area contributed by atoms with Crippen molar-refractivity contribution in [1.82, 2.24) is 19.7 Å². The van der Waals surface area contributed by atoms with Crippen LogP contribution in [0.15, 0.2) is 36.4 Å². The Balaban J connectivity index is 1.59. The second-order valence-electron chi connectivity index (χ2n) is 6.96. The Labute approximate surface area is 154 Å². The summed E-state index contributed by atoms with van der Waals surface area (Å²) in [5, 5.41) is 10.7. The van der Waals surface area contributed by atoms with E-state index in [4.69, 9.17) is 4.74 Å². The van der Waals surface area contributed by atoms with E-state index < -0.39 is 0 Å². The summed E-state index contributed by atoms with van der Waals surface area (Å²) in [5.41, 5.74) is 1.29. The number of likely N-dealkylation sites (N-methyl/N-ethyl adjacent to an activating group) is 1. The maximum absolute atomic E-state index is 6.00. The largest absolute Gasteiger partial charge is 0.486 e. The number of aromatic nitrogens is 3. The monoisotopic (exact) mass is 351 g/mol. The van der Waals surface area contributed by atoms with Crippen LogP contribution in [0.1, 0.15) is 11.6 Å². The lowest BCUT2D eigenvalue weighted by Crippen LogP contribution is -2.44. The molecule has 0 saturated carbocycles. The third-order valence-corrected chi connectivity index (χ3v) is 5.23. The molecule has 2 aromatic carbocycles. The highest BCUT2D eigenvalue weighted by Gasteiger charge is 2.16. The first kappa shape index (κ1) is 16.8. The Bertz CT molecular complexity index is 912. The van der Waals surface area contributed by atoms with Gasteiger partial charge in [-0.05, 0) is 37.6 Å². The molecule has 0 N–H and O–H groups in total. The van der Waals surface area contributed by atoms with Gasteiger partial charge in [0.2, 0.25) is 0 Å². The lowest BCUT2D eigenvalue weighted by molar-refractivity contribution is 0.291. The van der Waals surface area contributed by atoms with Crippen molar-refractivity contribution >= 4 is 16.5 Å². The number of ether oxygens (including phenoxy) is 1. The van der Waals surface area contributed by atoms with Gasteiger partial charge in [0.1, 0.15) is 18.2 Å². The molecule has 2 heterocycles. The summed E-state index contributed by atoms with van der Waals surface area (Å²) < 4.78 is 7.96. The van der Waals surface area contributed by atoms with Gasteiger partial charge < -0.3 is 19.1 Å². The van der Waals surface area contributed by atoms with Crippen molar-refractivity contribution in [1.29, 1.82) is 0 Å². The van der Waals surface area contributed by atoms with Crippen molar-refractivity contribution in [3.63, 3.8) is 0 Å². The van der Waals surface area contributed by atoms with Gasteiger partial charge in [0.05, 0.1) is 0 Å². The molecular formula is C20H25N5O. The maximum Gasteiger partial charge on any atom is 0.170 e. The standard InChI is InChI=1S/C20H25N5O/c1-15-21-22-20(24(15)3)14-26-17-8-7-16-5-4-6-19(18(16)13-17)25-11-9-23(2)10-12-25/h4-8,13H,9-12,14H2,1-3H3. The topological polar surface area (TPSA) is 46.4 Å². The van der Waals surface area contributed by atoms with Crippen LogP contribution in [-0.4, -0.2) is 52.9 Å². The molecule has 1 aliphatic heterocycles. The minimum absolute atomic E-state index is 0.416. The van der Waals surface area contributed by atoms with E-state index >= 15 is 0 Å². The van der Waals surface area contributed by atoms with Crippen LogP contribution in [0.25, 0.3) is 10.8 Å². The zero-order valence-electron chi connectivity index (χ0n) is 15.6. The van der Waals surface area contributed by atoms with Gasteiger partial charge >= 0.3 is 0 Å². The van der Waals surface area contributed by atoms with Crippen LogP contribution in [0.2, 0.25) is 0 Å². The first-order chi connectivity index (χ1) is 12.6. The summed E-state index contributed by atoms with van der Waals surface area (Å²) in [6, 6.07) is 12.8. The molecule has 1 fully saturated rings. The summed E-state index contributed by atoms with van der Waals surface area (Å²) in [4.78, 5) is 4.84. The number of nitrogens with zero attached hydrogens (tertiary/aromatic N) is 5. The van der Waals surface area contributed by atoms with E-state index in [1.54, 1.807) is 0 Å². The summed E-state index contributed by atoms with van der Waals surface area (Å²) >= 11 is 0. The molecule has 6 nitrogen and oxygen atoms in total. The second kappa shape index (κ2) is 6.96. The summed E-state index contributed by atoms with van der Waals surface area (Å²) in [6.07, 6.45) is 0. The maximum atomic E-state index is 6.00. The number of aryl methyl sites for hydroxylation is 1. The Morgan fingerprint density at radius 3 is 2.54 bits per heavy atom. The molecule has 0 radical (unpaired) electrons. The Morgan fingerprint density at radius 1 is 1.00 bits per heavy atom. The number of benzene rings is 2. The molecule has 0 aliphatic carbocycles. The van der Waals surface area contributed by atoms with E-state index in [-0.39, 0.29) is 0 Å². The molecule has 4 rings (SSSR count). The fourth-order valence-electron chi connectivity index (χ4n) is 3.37. The van der Waals surface area contributed by atoms with Crippen LogP contribution in [0, 0.1) is 6.92 Å². The van der Waals surface area contributed by atoms with Crippen LogP contribution in [0.5, 0.6) is 5.75 Å². The van der Waals surface area contributed by atoms with E-state index in [1.807, 2.05) is 24.6 Å². The molecule has 26 heavy (non-hydrogen) atoms. The van der Waals surface area contributed by atoms with Crippen molar-refractivity contribution in [3.8, 4) is 5.75 Å². The van der Waals surface area contributed by atoms with Crippen molar-refractivity contribution in [2.45, 2.75) is 13.5 Å². The van der Waals surface area contributed by atoms with Gasteiger partial charge in [0.15, 0.2) is 5.82 Å². The van der Waals surface area contributed by atoms with Crippen LogP contribution < -0.4 is 9.64 Å². The molecule has 3 aromatic rings. The third kappa shape index (κ3) is 3.24. The smallest absolute Gasteiger partial charge is 0.170 e. The highest BCUT2D eigenvalue weighted by molar-refractivity contribution is 5.95. The number of rotatable bonds is 4. The number of hydrogen-bond donors (Lipinski definition) is 0. The molecule has 6 heteroatoms. The fourth-order valence-corrected chi connectivity index (χ4v) is 3.37. The Hall–Kier alpha value is -2.60. The second-order valence-corrected chi connectivity index (χ2v) is 6.96. The lowest BCUT2D eigenvalue weighted by atomic mass is 10.1. The van der Waals surface area contributed by atoms with Gasteiger partial charge in [-0.1, -0.05) is 18.2 Å². The summed E-state index contributed by atoms with van der Waals surface area (Å²) in [6.45, 7) is 6.66. The molecule has 0 unspecified atom stereocenters. The predicted octanol–water partition coefficient (Wildman–Crippen LogP) is 2.61. The minimum atomic E-state index is 0.416. The zero-order chi connectivity index (χ0) is 18.1. The quantitative estimate of drug-likeness (QED) is 0.723. The van der Waals surface area contributed by atoms with E-state index in [0.29, 0.717) is 6.61 Å². The molecule has 0 bridgehead atoms. The van der Waals surface area contributed by atoms with Gasteiger partial charge in [-0.25, -0.2) is 0 Å². The van der Waals surface area contributed by atoms with Gasteiger partial charge in [-0.15, -0.1) is 10.2 Å². The first-order valence-electron chi connectivity index (χ1n) is 9.06. The lowest BCUT2D eigenvalue weighted by Gasteiger charge is -2.34. The van der Waals surface area contributed by atoms with E-state index in [0.717, 1.165) is 43.6 Å². The van der Waals surface area contributed by atoms with Gasteiger partial charge in [0.25, 0.3) is 0 Å². The normalized spacial score (nSPS) is 15.6. The van der Waals surface area contributed by atoms with Crippen molar-refractivity contribution < 1.29 is 4.74 Å². The molecule has 0 amide bonds. The van der Waals surface area contributed by atoms with E-state index in [1.165, 1.54) is 16.5 Å². The summed E-state index contributed by atoms with van der Waals surface area (Å²) in [5.74, 6) is 2.58. The van der Waals surface area contributed by atoms with Crippen molar-refractivity contribution in [2.24, 2.45) is 7.05 Å². The Kier molecular flexibility index (Phi) is 4.51. The Morgan fingerprint density at radius 2 is 1.81 bits per heavy atom. The van der Waals surface area contributed by atoms with Gasteiger partial charge in [0, 0.05) is 44.3 Å². The number of fused-ring (bicyclic) bond motifs is 1. The molecule has 136 valence electrons. The highest BCUT2D eigenvalue weighted by Crippen LogP contribution is 2.31. The number of anilines is 1. The molecule has 1 aromatic heterocycles. The molecule has 0 atom stereocenters. The van der Waals surface area contributed by atoms with Crippen molar-refractivity contribution in [2.75, 3.05) is 38.1 Å². The minimum Gasteiger partial charge on any atom is -0.486 e. The fraction of sp³-hybridized carbons (Fsp3) is 0.400.